The van der Waals surface area contributed by atoms with Gasteiger partial charge in [-0.1, -0.05) is 36.9 Å². The Bertz CT molecular complexity index is 983. The minimum Gasteiger partial charge on any atom is -0.410 e. The second-order valence-corrected chi connectivity index (χ2v) is 9.36. The molecule has 1 aliphatic heterocycles. The lowest BCUT2D eigenvalue weighted by Gasteiger charge is -2.33. The summed E-state index contributed by atoms with van der Waals surface area (Å²) in [6.07, 6.45) is 7.90. The number of likely N-dealkylation sites (tertiary alicyclic amines) is 1. The zero-order valence-electron chi connectivity index (χ0n) is 18.0. The number of aryl methyl sites for hydroxylation is 1. The molecule has 4 rings (SSSR count). The van der Waals surface area contributed by atoms with E-state index in [0.717, 1.165) is 48.8 Å². The molecule has 7 heteroatoms. The van der Waals surface area contributed by atoms with Crippen molar-refractivity contribution in [3.8, 4) is 5.75 Å². The molecule has 1 N–H and O–H groups in total. The number of imidazole rings is 1. The molecular weight excluding hydrogens is 408 g/mol. The number of pyridine rings is 1. The molecule has 3 aromatic rings. The highest BCUT2D eigenvalue weighted by atomic mass is 32.2. The summed E-state index contributed by atoms with van der Waals surface area (Å²) >= 11 is 1.77. The summed E-state index contributed by atoms with van der Waals surface area (Å²) in [5.41, 5.74) is 3.39. The van der Waals surface area contributed by atoms with E-state index in [0.29, 0.717) is 16.9 Å². The molecule has 2 aromatic heterocycles. The number of carbonyl (C=O) groups excluding carboxylic acids is 1. The van der Waals surface area contributed by atoms with Crippen molar-refractivity contribution in [3.05, 3.63) is 71.8 Å². The summed E-state index contributed by atoms with van der Waals surface area (Å²) in [4.78, 5) is 26.3. The molecule has 162 valence electrons. The standard InChI is InChI=1S/C24H28N4O2S/c1-17-4-3-11-25-22(17)16-19-5-7-21(8-6-19)30-24(29)28-14-9-20(10-15-28)18(2)31-23-26-12-13-27-23/h3-8,11-13,18,20H,9-10,14-16H2,1-2H3,(H,26,27). The van der Waals surface area contributed by atoms with E-state index in [-0.39, 0.29) is 6.09 Å². The highest BCUT2D eigenvalue weighted by Crippen LogP contribution is 2.32. The van der Waals surface area contributed by atoms with Crippen LogP contribution >= 0.6 is 11.8 Å². The average Bonchev–Trinajstić information content (AvgIpc) is 3.30. The maximum atomic E-state index is 12.6. The Hall–Kier alpha value is -2.80. The third kappa shape index (κ3) is 5.67. The number of nitrogens with one attached hydrogen (secondary N) is 1. The number of nitrogens with zero attached hydrogens (tertiary/aromatic N) is 3. The summed E-state index contributed by atoms with van der Waals surface area (Å²) in [6.45, 7) is 5.76. The monoisotopic (exact) mass is 436 g/mol. The van der Waals surface area contributed by atoms with Crippen molar-refractivity contribution in [1.29, 1.82) is 0 Å². The van der Waals surface area contributed by atoms with Crippen molar-refractivity contribution in [2.75, 3.05) is 13.1 Å². The largest absolute Gasteiger partial charge is 0.415 e. The van der Waals surface area contributed by atoms with Gasteiger partial charge >= 0.3 is 6.09 Å². The SMILES string of the molecule is Cc1cccnc1Cc1ccc(OC(=O)N2CCC(C(C)Sc3ncc[nH]3)CC2)cc1. The van der Waals surface area contributed by atoms with Crippen molar-refractivity contribution < 1.29 is 9.53 Å². The second-order valence-electron chi connectivity index (χ2n) is 8.00. The van der Waals surface area contributed by atoms with Gasteiger partial charge in [0.05, 0.1) is 0 Å². The number of H-pyrrole nitrogens is 1. The number of thioether (sulfide) groups is 1. The number of carbonyl (C=O) groups is 1. The predicted molar refractivity (Wildman–Crippen MR) is 122 cm³/mol. The fourth-order valence-electron chi connectivity index (χ4n) is 3.88. The number of aromatic amines is 1. The molecule has 6 nitrogen and oxygen atoms in total. The number of aromatic nitrogens is 3. The number of piperidine rings is 1. The predicted octanol–water partition coefficient (Wildman–Crippen LogP) is 5.10. The maximum absolute atomic E-state index is 12.6. The number of benzene rings is 1. The minimum atomic E-state index is -0.266. The molecule has 1 amide bonds. The molecule has 1 aromatic carbocycles. The molecule has 1 unspecified atom stereocenters. The van der Waals surface area contributed by atoms with Gasteiger partial charge in [-0.3, -0.25) is 4.98 Å². The zero-order chi connectivity index (χ0) is 21.6. The van der Waals surface area contributed by atoms with Gasteiger partial charge in [0.25, 0.3) is 0 Å². The fourth-order valence-corrected chi connectivity index (χ4v) is 4.95. The third-order valence-corrected chi connectivity index (χ3v) is 7.05. The van der Waals surface area contributed by atoms with Gasteiger partial charge in [0, 0.05) is 49.0 Å². The van der Waals surface area contributed by atoms with Crippen molar-refractivity contribution in [3.63, 3.8) is 0 Å². The van der Waals surface area contributed by atoms with Crippen LogP contribution in [0.1, 0.15) is 36.6 Å². The van der Waals surface area contributed by atoms with Crippen molar-refractivity contribution in [1.82, 2.24) is 19.9 Å². The Balaban J connectivity index is 1.25. The Labute approximate surface area is 187 Å². The summed E-state index contributed by atoms with van der Waals surface area (Å²) in [6, 6.07) is 11.7. The third-order valence-electron chi connectivity index (χ3n) is 5.85. The quantitative estimate of drug-likeness (QED) is 0.545. The Morgan fingerprint density at radius 2 is 1.97 bits per heavy atom. The molecule has 0 bridgehead atoms. The van der Waals surface area contributed by atoms with Crippen molar-refractivity contribution in [2.45, 2.75) is 43.5 Å². The molecular formula is C24H28N4O2S. The lowest BCUT2D eigenvalue weighted by atomic mass is 9.94. The normalized spacial score (nSPS) is 15.6. The van der Waals surface area contributed by atoms with Crippen LogP contribution in [0, 0.1) is 12.8 Å². The first-order valence-electron chi connectivity index (χ1n) is 10.7. The van der Waals surface area contributed by atoms with Crippen LogP contribution in [0.3, 0.4) is 0 Å². The summed E-state index contributed by atoms with van der Waals surface area (Å²) in [5.74, 6) is 1.14. The Kier molecular flexibility index (Phi) is 6.92. The summed E-state index contributed by atoms with van der Waals surface area (Å²) < 4.78 is 5.61. The van der Waals surface area contributed by atoms with Crippen molar-refractivity contribution >= 4 is 17.9 Å². The number of hydrogen-bond acceptors (Lipinski definition) is 5. The molecule has 0 saturated carbocycles. The van der Waals surface area contributed by atoms with Gasteiger partial charge in [0.2, 0.25) is 0 Å². The van der Waals surface area contributed by atoms with Crippen LogP contribution in [0.25, 0.3) is 0 Å². The molecule has 1 saturated heterocycles. The first kappa shape index (κ1) is 21.4. The second kappa shape index (κ2) is 10.0. The van der Waals surface area contributed by atoms with E-state index in [4.69, 9.17) is 4.74 Å². The van der Waals surface area contributed by atoms with Gasteiger partial charge in [-0.05, 0) is 55.0 Å². The fraction of sp³-hybridized carbons (Fsp3) is 0.375. The lowest BCUT2D eigenvalue weighted by molar-refractivity contribution is 0.131. The molecule has 31 heavy (non-hydrogen) atoms. The molecule has 1 fully saturated rings. The smallest absolute Gasteiger partial charge is 0.410 e. The molecule has 0 spiro atoms. The van der Waals surface area contributed by atoms with E-state index in [1.54, 1.807) is 18.0 Å². The van der Waals surface area contributed by atoms with Crippen LogP contribution in [0.4, 0.5) is 4.79 Å². The van der Waals surface area contributed by atoms with E-state index in [1.807, 2.05) is 47.6 Å². The van der Waals surface area contributed by atoms with Crippen LogP contribution < -0.4 is 4.74 Å². The van der Waals surface area contributed by atoms with Gasteiger partial charge in [-0.25, -0.2) is 9.78 Å². The topological polar surface area (TPSA) is 71.1 Å². The van der Waals surface area contributed by atoms with Gasteiger partial charge in [0.15, 0.2) is 5.16 Å². The highest BCUT2D eigenvalue weighted by molar-refractivity contribution is 7.99. The number of rotatable bonds is 6. The first-order valence-corrected chi connectivity index (χ1v) is 11.6. The van der Waals surface area contributed by atoms with Gasteiger partial charge in [-0.2, -0.15) is 0 Å². The molecule has 1 atom stereocenters. The summed E-state index contributed by atoms with van der Waals surface area (Å²) in [5, 5.41) is 1.41. The number of hydrogen-bond donors (Lipinski definition) is 1. The number of ether oxygens (including phenoxy) is 1. The molecule has 3 heterocycles. The lowest BCUT2D eigenvalue weighted by Crippen LogP contribution is -2.41. The van der Waals surface area contributed by atoms with E-state index in [1.165, 1.54) is 5.56 Å². The zero-order valence-corrected chi connectivity index (χ0v) is 18.8. The Morgan fingerprint density at radius 3 is 2.65 bits per heavy atom. The molecule has 1 aliphatic rings. The average molecular weight is 437 g/mol. The molecule has 0 radical (unpaired) electrons. The highest BCUT2D eigenvalue weighted by Gasteiger charge is 2.28. The number of amides is 1. The van der Waals surface area contributed by atoms with Gasteiger partial charge in [-0.15, -0.1) is 0 Å². The van der Waals surface area contributed by atoms with Gasteiger partial charge in [0.1, 0.15) is 5.75 Å². The van der Waals surface area contributed by atoms with Crippen LogP contribution in [0.15, 0.2) is 60.1 Å². The minimum absolute atomic E-state index is 0.266. The maximum Gasteiger partial charge on any atom is 0.415 e. The van der Waals surface area contributed by atoms with Crippen LogP contribution in [-0.2, 0) is 6.42 Å². The van der Waals surface area contributed by atoms with E-state index in [2.05, 4.69) is 34.9 Å². The van der Waals surface area contributed by atoms with Gasteiger partial charge < -0.3 is 14.6 Å². The van der Waals surface area contributed by atoms with Crippen LogP contribution in [0.5, 0.6) is 5.75 Å². The van der Waals surface area contributed by atoms with E-state index < -0.39 is 0 Å². The van der Waals surface area contributed by atoms with E-state index in [9.17, 15) is 4.79 Å². The molecule has 0 aliphatic carbocycles. The van der Waals surface area contributed by atoms with E-state index >= 15 is 0 Å². The first-order chi connectivity index (χ1) is 15.1. The van der Waals surface area contributed by atoms with Crippen molar-refractivity contribution in [2.24, 2.45) is 5.92 Å². The Morgan fingerprint density at radius 1 is 1.19 bits per heavy atom. The van der Waals surface area contributed by atoms with Crippen LogP contribution in [-0.4, -0.2) is 44.3 Å². The van der Waals surface area contributed by atoms with Crippen LogP contribution in [0.2, 0.25) is 0 Å². The summed E-state index contributed by atoms with van der Waals surface area (Å²) in [7, 11) is 0.